The van der Waals surface area contributed by atoms with Gasteiger partial charge in [0.05, 0.1) is 5.75 Å². The molecule has 0 amide bonds. The molecule has 0 aliphatic rings. The summed E-state index contributed by atoms with van der Waals surface area (Å²) >= 11 is 1.71. The van der Waals surface area contributed by atoms with Crippen molar-refractivity contribution >= 4 is 11.8 Å². The zero-order valence-corrected chi connectivity index (χ0v) is 13.0. The molecule has 1 unspecified atom stereocenters. The number of thioether (sulfide) groups is 1. The molecule has 1 atom stereocenters. The van der Waals surface area contributed by atoms with Crippen molar-refractivity contribution in [2.75, 3.05) is 0 Å². The summed E-state index contributed by atoms with van der Waals surface area (Å²) in [6.07, 6.45) is 0.639. The lowest BCUT2D eigenvalue weighted by Crippen LogP contribution is -2.28. The normalized spacial score (nSPS) is 12.8. The lowest BCUT2D eigenvalue weighted by molar-refractivity contribution is 0.350. The quantitative estimate of drug-likeness (QED) is 0.828. The third kappa shape index (κ3) is 4.35. The molecule has 2 rings (SSSR count). The van der Waals surface area contributed by atoms with Crippen molar-refractivity contribution < 1.29 is 4.52 Å². The van der Waals surface area contributed by atoms with Crippen LogP contribution in [-0.4, -0.2) is 16.2 Å². The number of hydrogen-bond acceptors (Lipinski definition) is 5. The zero-order chi connectivity index (χ0) is 14.5. The minimum absolute atomic E-state index is 0.0627. The van der Waals surface area contributed by atoms with E-state index in [0.717, 1.165) is 5.82 Å². The number of aromatic nitrogens is 2. The van der Waals surface area contributed by atoms with E-state index in [9.17, 15) is 0 Å². The number of hydrogen-bond donors (Lipinski definition) is 1. The van der Waals surface area contributed by atoms with Gasteiger partial charge in [0.2, 0.25) is 5.89 Å². The van der Waals surface area contributed by atoms with Gasteiger partial charge in [0.15, 0.2) is 5.82 Å². The Balaban J connectivity index is 1.90. The number of benzene rings is 1. The summed E-state index contributed by atoms with van der Waals surface area (Å²) in [5.74, 6) is 2.48. The fourth-order valence-electron chi connectivity index (χ4n) is 1.72. The molecule has 1 heterocycles. The summed E-state index contributed by atoms with van der Waals surface area (Å²) in [7, 11) is 0. The van der Waals surface area contributed by atoms with Crippen LogP contribution in [0.25, 0.3) is 0 Å². The molecule has 5 heteroatoms. The average Bonchev–Trinajstić information content (AvgIpc) is 2.84. The van der Waals surface area contributed by atoms with E-state index in [1.54, 1.807) is 11.8 Å². The van der Waals surface area contributed by atoms with Gasteiger partial charge in [0, 0.05) is 17.4 Å². The first-order valence-corrected chi connectivity index (χ1v) is 7.79. The molecule has 0 bridgehead atoms. The highest BCUT2D eigenvalue weighted by molar-refractivity contribution is 7.98. The average molecular weight is 291 g/mol. The van der Waals surface area contributed by atoms with Crippen LogP contribution in [0.5, 0.6) is 0 Å². The van der Waals surface area contributed by atoms with Crippen molar-refractivity contribution in [3.63, 3.8) is 0 Å². The Morgan fingerprint density at radius 3 is 2.85 bits per heavy atom. The first kappa shape index (κ1) is 15.1. The van der Waals surface area contributed by atoms with Crippen molar-refractivity contribution in [1.82, 2.24) is 10.1 Å². The third-order valence-corrected chi connectivity index (χ3v) is 4.12. The third-order valence-electron chi connectivity index (χ3n) is 3.13. The topological polar surface area (TPSA) is 64.9 Å². The zero-order valence-electron chi connectivity index (χ0n) is 12.2. The molecule has 20 heavy (non-hydrogen) atoms. The minimum Gasteiger partial charge on any atom is -0.339 e. The van der Waals surface area contributed by atoms with Crippen molar-refractivity contribution in [2.24, 2.45) is 11.7 Å². The van der Waals surface area contributed by atoms with Crippen LogP contribution in [-0.2, 0) is 12.2 Å². The van der Waals surface area contributed by atoms with Crippen LogP contribution in [0.4, 0.5) is 0 Å². The monoisotopic (exact) mass is 291 g/mol. The SMILES string of the molecule is Cc1cccc(SCc2noc(CC(N)C(C)C)n2)c1. The summed E-state index contributed by atoms with van der Waals surface area (Å²) in [5.41, 5.74) is 7.26. The lowest BCUT2D eigenvalue weighted by Gasteiger charge is -2.11. The Morgan fingerprint density at radius 2 is 2.15 bits per heavy atom. The highest BCUT2D eigenvalue weighted by Gasteiger charge is 2.14. The summed E-state index contributed by atoms with van der Waals surface area (Å²) in [6.45, 7) is 6.27. The molecule has 0 saturated carbocycles. The molecule has 2 N–H and O–H groups in total. The summed E-state index contributed by atoms with van der Waals surface area (Å²) in [4.78, 5) is 5.61. The van der Waals surface area contributed by atoms with Crippen LogP contribution in [0.15, 0.2) is 33.7 Å². The van der Waals surface area contributed by atoms with Gasteiger partial charge in [-0.2, -0.15) is 4.98 Å². The second-order valence-electron chi connectivity index (χ2n) is 5.32. The van der Waals surface area contributed by atoms with E-state index in [-0.39, 0.29) is 6.04 Å². The molecule has 0 spiro atoms. The number of rotatable bonds is 6. The Morgan fingerprint density at radius 1 is 1.35 bits per heavy atom. The molecule has 1 aromatic heterocycles. The molecule has 108 valence electrons. The molecule has 2 aromatic rings. The molecule has 0 radical (unpaired) electrons. The van der Waals surface area contributed by atoms with E-state index in [1.165, 1.54) is 10.5 Å². The van der Waals surface area contributed by atoms with E-state index in [0.29, 0.717) is 24.0 Å². The maximum Gasteiger partial charge on any atom is 0.228 e. The van der Waals surface area contributed by atoms with Crippen molar-refractivity contribution in [2.45, 2.75) is 43.9 Å². The summed E-state index contributed by atoms with van der Waals surface area (Å²) < 4.78 is 5.24. The van der Waals surface area contributed by atoms with Gasteiger partial charge in [-0.1, -0.05) is 36.7 Å². The Bertz CT molecular complexity index is 554. The van der Waals surface area contributed by atoms with Gasteiger partial charge in [0.1, 0.15) is 0 Å². The fourth-order valence-corrected chi connectivity index (χ4v) is 2.58. The van der Waals surface area contributed by atoms with Gasteiger partial charge in [-0.05, 0) is 25.0 Å². The number of aryl methyl sites for hydroxylation is 1. The van der Waals surface area contributed by atoms with Crippen LogP contribution < -0.4 is 5.73 Å². The van der Waals surface area contributed by atoms with Gasteiger partial charge in [-0.25, -0.2) is 0 Å². The van der Waals surface area contributed by atoms with Crippen LogP contribution >= 0.6 is 11.8 Å². The largest absolute Gasteiger partial charge is 0.339 e. The standard InChI is InChI=1S/C15H21N3OS/c1-10(2)13(16)8-15-17-14(18-19-15)9-20-12-6-4-5-11(3)7-12/h4-7,10,13H,8-9,16H2,1-3H3. The van der Waals surface area contributed by atoms with Crippen LogP contribution in [0.2, 0.25) is 0 Å². The maximum atomic E-state index is 6.01. The Labute approximate surface area is 124 Å². The van der Waals surface area contributed by atoms with Gasteiger partial charge in [-0.15, -0.1) is 11.8 Å². The molecule has 0 aliphatic carbocycles. The van der Waals surface area contributed by atoms with E-state index < -0.39 is 0 Å². The highest BCUT2D eigenvalue weighted by Crippen LogP contribution is 2.22. The van der Waals surface area contributed by atoms with Crippen molar-refractivity contribution in [3.8, 4) is 0 Å². The van der Waals surface area contributed by atoms with Gasteiger partial charge >= 0.3 is 0 Å². The molecule has 0 aliphatic heterocycles. The highest BCUT2D eigenvalue weighted by atomic mass is 32.2. The van der Waals surface area contributed by atoms with E-state index >= 15 is 0 Å². The van der Waals surface area contributed by atoms with Crippen molar-refractivity contribution in [3.05, 3.63) is 41.5 Å². The maximum absolute atomic E-state index is 6.01. The van der Waals surface area contributed by atoms with Crippen molar-refractivity contribution in [1.29, 1.82) is 0 Å². The van der Waals surface area contributed by atoms with Gasteiger partial charge in [0.25, 0.3) is 0 Å². The molecule has 1 aromatic carbocycles. The second kappa shape index (κ2) is 6.90. The van der Waals surface area contributed by atoms with Gasteiger partial charge < -0.3 is 10.3 Å². The van der Waals surface area contributed by atoms with Crippen LogP contribution in [0.1, 0.15) is 31.1 Å². The summed E-state index contributed by atoms with van der Waals surface area (Å²) in [5, 5.41) is 4.00. The van der Waals surface area contributed by atoms with E-state index in [1.807, 2.05) is 0 Å². The number of nitrogens with zero attached hydrogens (tertiary/aromatic N) is 2. The lowest BCUT2D eigenvalue weighted by atomic mass is 10.0. The minimum atomic E-state index is 0.0627. The van der Waals surface area contributed by atoms with Crippen LogP contribution in [0, 0.1) is 12.8 Å². The van der Waals surface area contributed by atoms with Crippen LogP contribution in [0.3, 0.4) is 0 Å². The predicted octanol–water partition coefficient (Wildman–Crippen LogP) is 3.20. The number of nitrogens with two attached hydrogens (primary N) is 1. The molecular weight excluding hydrogens is 270 g/mol. The second-order valence-corrected chi connectivity index (χ2v) is 6.37. The first-order chi connectivity index (χ1) is 9.54. The Hall–Kier alpha value is -1.33. The molecule has 4 nitrogen and oxygen atoms in total. The Kier molecular flexibility index (Phi) is 5.20. The van der Waals surface area contributed by atoms with E-state index in [2.05, 4.69) is 55.2 Å². The predicted molar refractivity (Wildman–Crippen MR) is 81.6 cm³/mol. The molecular formula is C15H21N3OS. The first-order valence-electron chi connectivity index (χ1n) is 6.81. The van der Waals surface area contributed by atoms with E-state index in [4.69, 9.17) is 10.3 Å². The molecule has 0 fully saturated rings. The fraction of sp³-hybridized carbons (Fsp3) is 0.467. The van der Waals surface area contributed by atoms with Gasteiger partial charge in [-0.3, -0.25) is 0 Å². The summed E-state index contributed by atoms with van der Waals surface area (Å²) in [6, 6.07) is 8.45. The smallest absolute Gasteiger partial charge is 0.228 e. The molecule has 0 saturated heterocycles.